The largest absolute Gasteiger partial charge is 0.466 e. The highest BCUT2D eigenvalue weighted by Crippen LogP contribution is 2.25. The van der Waals surface area contributed by atoms with Crippen molar-refractivity contribution < 1.29 is 19.0 Å². The topological polar surface area (TPSA) is 56.8 Å². The van der Waals surface area contributed by atoms with E-state index in [-0.39, 0.29) is 18.0 Å². The van der Waals surface area contributed by atoms with Gasteiger partial charge in [-0.1, -0.05) is 6.42 Å². The average molecular weight is 271 g/mol. The summed E-state index contributed by atoms with van der Waals surface area (Å²) in [6.45, 7) is 5.19. The van der Waals surface area contributed by atoms with Crippen LogP contribution in [0.25, 0.3) is 0 Å². The third-order valence-corrected chi connectivity index (χ3v) is 3.81. The van der Waals surface area contributed by atoms with Gasteiger partial charge in [0.25, 0.3) is 0 Å². The van der Waals surface area contributed by atoms with E-state index in [0.29, 0.717) is 32.5 Å². The molecule has 3 atom stereocenters. The number of hydrogen-bond donors (Lipinski definition) is 1. The van der Waals surface area contributed by atoms with Crippen molar-refractivity contribution in [2.75, 3.05) is 33.0 Å². The number of nitrogens with one attached hydrogen (secondary N) is 1. The Balaban J connectivity index is 1.69. The molecule has 19 heavy (non-hydrogen) atoms. The SMILES string of the molecule is CCOC(=O)C1CCCC(NCC2COCCO2)C1. The lowest BCUT2D eigenvalue weighted by Crippen LogP contribution is -2.44. The molecule has 1 N–H and O–H groups in total. The van der Waals surface area contributed by atoms with E-state index in [0.717, 1.165) is 32.2 Å². The minimum absolute atomic E-state index is 0.0359. The van der Waals surface area contributed by atoms with Crippen LogP contribution in [-0.2, 0) is 19.0 Å². The second-order valence-electron chi connectivity index (χ2n) is 5.29. The van der Waals surface area contributed by atoms with Crippen LogP contribution in [0.2, 0.25) is 0 Å². The number of rotatable bonds is 5. The van der Waals surface area contributed by atoms with Crippen LogP contribution in [0.5, 0.6) is 0 Å². The summed E-state index contributed by atoms with van der Waals surface area (Å²) < 4.78 is 16.1. The summed E-state index contributed by atoms with van der Waals surface area (Å²) >= 11 is 0. The second-order valence-corrected chi connectivity index (χ2v) is 5.29. The Labute approximate surface area is 115 Å². The fourth-order valence-corrected chi connectivity index (χ4v) is 2.80. The molecule has 1 aliphatic heterocycles. The third kappa shape index (κ3) is 4.75. The standard InChI is InChI=1S/C14H25NO4/c1-2-18-14(16)11-4-3-5-12(8-11)15-9-13-10-17-6-7-19-13/h11-13,15H,2-10H2,1H3. The van der Waals surface area contributed by atoms with E-state index in [9.17, 15) is 4.79 Å². The summed E-state index contributed by atoms with van der Waals surface area (Å²) in [5, 5.41) is 3.51. The Morgan fingerprint density at radius 3 is 3.00 bits per heavy atom. The molecule has 0 aromatic rings. The first kappa shape index (κ1) is 14.8. The predicted molar refractivity (Wildman–Crippen MR) is 70.9 cm³/mol. The van der Waals surface area contributed by atoms with Gasteiger partial charge in [0, 0.05) is 12.6 Å². The van der Waals surface area contributed by atoms with E-state index < -0.39 is 0 Å². The first-order chi connectivity index (χ1) is 9.29. The van der Waals surface area contributed by atoms with Crippen LogP contribution in [0.15, 0.2) is 0 Å². The third-order valence-electron chi connectivity index (χ3n) is 3.81. The Morgan fingerprint density at radius 1 is 1.37 bits per heavy atom. The van der Waals surface area contributed by atoms with Gasteiger partial charge < -0.3 is 19.5 Å². The Morgan fingerprint density at radius 2 is 2.26 bits per heavy atom. The maximum absolute atomic E-state index is 11.8. The van der Waals surface area contributed by atoms with Gasteiger partial charge in [-0.2, -0.15) is 0 Å². The molecule has 1 aliphatic carbocycles. The number of esters is 1. The Kier molecular flexibility index (Phi) is 6.07. The molecule has 1 saturated carbocycles. The van der Waals surface area contributed by atoms with Crippen molar-refractivity contribution in [1.82, 2.24) is 5.32 Å². The summed E-state index contributed by atoms with van der Waals surface area (Å²) in [5.74, 6) is 0.0287. The van der Waals surface area contributed by atoms with Gasteiger partial charge >= 0.3 is 5.97 Å². The highest BCUT2D eigenvalue weighted by atomic mass is 16.6. The summed E-state index contributed by atoms with van der Waals surface area (Å²) in [7, 11) is 0. The summed E-state index contributed by atoms with van der Waals surface area (Å²) in [6, 6.07) is 0.397. The van der Waals surface area contributed by atoms with Gasteiger partial charge in [-0.3, -0.25) is 4.79 Å². The van der Waals surface area contributed by atoms with Gasteiger partial charge in [-0.05, 0) is 26.2 Å². The monoisotopic (exact) mass is 271 g/mol. The molecule has 0 radical (unpaired) electrons. The smallest absolute Gasteiger partial charge is 0.308 e. The number of hydrogen-bond acceptors (Lipinski definition) is 5. The van der Waals surface area contributed by atoms with Crippen LogP contribution in [0.3, 0.4) is 0 Å². The molecule has 0 amide bonds. The van der Waals surface area contributed by atoms with Crippen molar-refractivity contribution in [1.29, 1.82) is 0 Å². The van der Waals surface area contributed by atoms with Crippen molar-refractivity contribution in [2.24, 2.45) is 5.92 Å². The normalized spacial score (nSPS) is 31.9. The van der Waals surface area contributed by atoms with E-state index >= 15 is 0 Å². The van der Waals surface area contributed by atoms with E-state index in [1.54, 1.807) is 0 Å². The quantitative estimate of drug-likeness (QED) is 0.759. The molecule has 2 fully saturated rings. The zero-order valence-electron chi connectivity index (χ0n) is 11.7. The van der Waals surface area contributed by atoms with Crippen LogP contribution in [0.1, 0.15) is 32.6 Å². The molecule has 5 heteroatoms. The number of carbonyl (C=O) groups is 1. The lowest BCUT2D eigenvalue weighted by molar-refractivity contribution is -0.149. The molecule has 1 saturated heterocycles. The van der Waals surface area contributed by atoms with E-state index in [4.69, 9.17) is 14.2 Å². The maximum atomic E-state index is 11.8. The molecule has 110 valence electrons. The van der Waals surface area contributed by atoms with Crippen molar-refractivity contribution in [3.05, 3.63) is 0 Å². The molecule has 0 spiro atoms. The fraction of sp³-hybridized carbons (Fsp3) is 0.929. The molecular weight excluding hydrogens is 246 g/mol. The van der Waals surface area contributed by atoms with E-state index in [1.165, 1.54) is 0 Å². The first-order valence-electron chi connectivity index (χ1n) is 7.39. The van der Waals surface area contributed by atoms with Crippen LogP contribution in [0.4, 0.5) is 0 Å². The molecule has 0 bridgehead atoms. The Bertz CT molecular complexity index is 279. The van der Waals surface area contributed by atoms with Gasteiger partial charge in [0.05, 0.1) is 38.4 Å². The zero-order valence-corrected chi connectivity index (χ0v) is 11.7. The molecule has 1 heterocycles. The van der Waals surface area contributed by atoms with Crippen LogP contribution in [-0.4, -0.2) is 51.1 Å². The predicted octanol–water partition coefficient (Wildman–Crippen LogP) is 1.11. The minimum Gasteiger partial charge on any atom is -0.466 e. The number of carbonyl (C=O) groups excluding carboxylic acids is 1. The molecule has 2 aliphatic rings. The highest BCUT2D eigenvalue weighted by molar-refractivity contribution is 5.72. The molecular formula is C14H25NO4. The van der Waals surface area contributed by atoms with Gasteiger partial charge in [0.15, 0.2) is 0 Å². The summed E-state index contributed by atoms with van der Waals surface area (Å²) in [6.07, 6.45) is 4.20. The Hall–Kier alpha value is -0.650. The lowest BCUT2D eigenvalue weighted by Gasteiger charge is -2.31. The lowest BCUT2D eigenvalue weighted by atomic mass is 9.85. The van der Waals surface area contributed by atoms with Crippen LogP contribution < -0.4 is 5.32 Å². The van der Waals surface area contributed by atoms with Crippen molar-refractivity contribution in [3.8, 4) is 0 Å². The zero-order chi connectivity index (χ0) is 13.5. The fourth-order valence-electron chi connectivity index (χ4n) is 2.80. The molecule has 0 aromatic heterocycles. The van der Waals surface area contributed by atoms with E-state index in [2.05, 4.69) is 5.32 Å². The number of ether oxygens (including phenoxy) is 3. The van der Waals surface area contributed by atoms with Crippen LogP contribution in [0, 0.1) is 5.92 Å². The average Bonchev–Trinajstić information content (AvgIpc) is 2.47. The van der Waals surface area contributed by atoms with Crippen LogP contribution >= 0.6 is 0 Å². The van der Waals surface area contributed by atoms with E-state index in [1.807, 2.05) is 6.92 Å². The second kappa shape index (κ2) is 7.82. The molecule has 2 rings (SSSR count). The maximum Gasteiger partial charge on any atom is 0.308 e. The molecule has 0 aromatic carbocycles. The van der Waals surface area contributed by atoms with Crippen molar-refractivity contribution in [3.63, 3.8) is 0 Å². The van der Waals surface area contributed by atoms with Gasteiger partial charge in [0.1, 0.15) is 0 Å². The van der Waals surface area contributed by atoms with Gasteiger partial charge in [0.2, 0.25) is 0 Å². The minimum atomic E-state index is -0.0359. The molecule has 3 unspecified atom stereocenters. The highest BCUT2D eigenvalue weighted by Gasteiger charge is 2.28. The van der Waals surface area contributed by atoms with Crippen molar-refractivity contribution >= 4 is 5.97 Å². The van der Waals surface area contributed by atoms with Crippen molar-refractivity contribution in [2.45, 2.75) is 44.8 Å². The summed E-state index contributed by atoms with van der Waals surface area (Å²) in [4.78, 5) is 11.8. The molecule has 5 nitrogen and oxygen atoms in total. The van der Waals surface area contributed by atoms with Gasteiger partial charge in [-0.25, -0.2) is 0 Å². The van der Waals surface area contributed by atoms with Gasteiger partial charge in [-0.15, -0.1) is 0 Å². The summed E-state index contributed by atoms with van der Waals surface area (Å²) in [5.41, 5.74) is 0. The first-order valence-corrected chi connectivity index (χ1v) is 7.39.